The zero-order chi connectivity index (χ0) is 11.3. The average Bonchev–Trinajstić information content (AvgIpc) is 2.20. The van der Waals surface area contributed by atoms with Crippen molar-refractivity contribution in [1.82, 2.24) is 0 Å². The van der Waals surface area contributed by atoms with Gasteiger partial charge < -0.3 is 9.90 Å². The van der Waals surface area contributed by atoms with E-state index in [1.807, 2.05) is 0 Å². The predicted molar refractivity (Wildman–Crippen MR) is 50.9 cm³/mol. The Morgan fingerprint density at radius 2 is 2.27 bits per heavy atom. The van der Waals surface area contributed by atoms with E-state index in [4.69, 9.17) is 5.11 Å². The first-order chi connectivity index (χ1) is 7.15. The molecule has 3 nitrogen and oxygen atoms in total. The first kappa shape index (κ1) is 10.9. The molecule has 0 aliphatic heterocycles. The van der Waals surface area contributed by atoms with Gasteiger partial charge in [0.15, 0.2) is 0 Å². The number of carboxylic acids is 1. The molecule has 1 rings (SSSR count). The van der Waals surface area contributed by atoms with E-state index >= 15 is 0 Å². The Morgan fingerprint density at radius 3 is 2.87 bits per heavy atom. The maximum absolute atomic E-state index is 12.9. The molecule has 1 aromatic rings. The molecule has 1 N–H and O–H groups in total. The lowest BCUT2D eigenvalue weighted by Gasteiger charge is -1.97. The number of carboxylic acid groups (broad SMARTS) is 1. The lowest BCUT2D eigenvalue weighted by Crippen LogP contribution is -2.00. The fraction of sp³-hybridized carbons (Fsp3) is 0.0909. The molecular weight excluding hydrogens is 199 g/mol. The van der Waals surface area contributed by atoms with Crippen LogP contribution in [-0.4, -0.2) is 17.4 Å². The molecule has 0 saturated heterocycles. The third-order valence-electron chi connectivity index (χ3n) is 1.61. The Morgan fingerprint density at radius 1 is 1.53 bits per heavy atom. The second kappa shape index (κ2) is 4.91. The molecule has 15 heavy (non-hydrogen) atoms. The van der Waals surface area contributed by atoms with Gasteiger partial charge in [-0.05, 0) is 18.2 Å². The van der Waals surface area contributed by atoms with E-state index < -0.39 is 17.3 Å². The van der Waals surface area contributed by atoms with E-state index in [2.05, 4.69) is 11.8 Å². The first-order valence-electron chi connectivity index (χ1n) is 4.10. The van der Waals surface area contributed by atoms with Crippen molar-refractivity contribution in [2.24, 2.45) is 0 Å². The monoisotopic (exact) mass is 206 g/mol. The van der Waals surface area contributed by atoms with Gasteiger partial charge >= 0.3 is 5.97 Å². The van der Waals surface area contributed by atoms with Gasteiger partial charge in [0.25, 0.3) is 0 Å². The van der Waals surface area contributed by atoms with Crippen molar-refractivity contribution < 1.29 is 19.1 Å². The molecule has 0 aliphatic carbocycles. The molecule has 0 atom stereocenters. The molecule has 0 radical (unpaired) electrons. The number of aldehydes is 1. The molecule has 0 heterocycles. The molecule has 0 spiro atoms. The van der Waals surface area contributed by atoms with Crippen molar-refractivity contribution in [3.8, 4) is 11.8 Å². The first-order valence-corrected chi connectivity index (χ1v) is 4.10. The normalized spacial score (nSPS) is 8.87. The highest BCUT2D eigenvalue weighted by Crippen LogP contribution is 2.09. The van der Waals surface area contributed by atoms with Crippen LogP contribution in [0.15, 0.2) is 18.2 Å². The van der Waals surface area contributed by atoms with E-state index in [1.165, 1.54) is 6.07 Å². The molecule has 0 fully saturated rings. The Labute approximate surface area is 85.5 Å². The molecule has 76 valence electrons. The lowest BCUT2D eigenvalue weighted by molar-refractivity contribution is -0.107. The third-order valence-corrected chi connectivity index (χ3v) is 1.61. The fourth-order valence-corrected chi connectivity index (χ4v) is 0.962. The van der Waals surface area contributed by atoms with Gasteiger partial charge in [-0.1, -0.05) is 11.8 Å². The van der Waals surface area contributed by atoms with Crippen LogP contribution in [0.1, 0.15) is 22.3 Å². The minimum Gasteiger partial charge on any atom is -0.478 e. The zero-order valence-corrected chi connectivity index (χ0v) is 7.66. The molecule has 1 aromatic carbocycles. The third kappa shape index (κ3) is 2.92. The molecule has 0 aromatic heterocycles. The highest BCUT2D eigenvalue weighted by atomic mass is 19.1. The Balaban J connectivity index is 3.04. The van der Waals surface area contributed by atoms with E-state index in [0.717, 1.165) is 12.1 Å². The van der Waals surface area contributed by atoms with Crippen LogP contribution < -0.4 is 0 Å². The number of hydrogen-bond donors (Lipinski definition) is 1. The summed E-state index contributed by atoms with van der Waals surface area (Å²) in [6, 6.07) is 3.53. The standard InChI is InChI=1S/C11H7FO3/c12-10-5-4-8(3-1-2-6-13)7-9(10)11(14)15/h4-7H,2H2,(H,14,15). The van der Waals surface area contributed by atoms with Crippen molar-refractivity contribution in [3.05, 3.63) is 35.1 Å². The predicted octanol–water partition coefficient (Wildman–Crippen LogP) is 1.46. The topological polar surface area (TPSA) is 54.4 Å². The van der Waals surface area contributed by atoms with Gasteiger partial charge in [-0.3, -0.25) is 0 Å². The Bertz CT molecular complexity index is 455. The van der Waals surface area contributed by atoms with Crippen LogP contribution in [0.5, 0.6) is 0 Å². The van der Waals surface area contributed by atoms with Gasteiger partial charge in [0.2, 0.25) is 0 Å². The number of benzene rings is 1. The summed E-state index contributed by atoms with van der Waals surface area (Å²) >= 11 is 0. The number of carbonyl (C=O) groups is 2. The van der Waals surface area contributed by atoms with Crippen LogP contribution in [-0.2, 0) is 4.79 Å². The van der Waals surface area contributed by atoms with E-state index in [0.29, 0.717) is 11.8 Å². The number of carbonyl (C=O) groups excluding carboxylic acids is 1. The van der Waals surface area contributed by atoms with Gasteiger partial charge in [0.1, 0.15) is 12.1 Å². The van der Waals surface area contributed by atoms with Crippen molar-refractivity contribution >= 4 is 12.3 Å². The number of halogens is 1. The highest BCUT2D eigenvalue weighted by Gasteiger charge is 2.09. The summed E-state index contributed by atoms with van der Waals surface area (Å²) < 4.78 is 12.9. The quantitative estimate of drug-likeness (QED) is 0.588. The summed E-state index contributed by atoms with van der Waals surface area (Å²) in [6.45, 7) is 0. The summed E-state index contributed by atoms with van der Waals surface area (Å²) in [7, 11) is 0. The highest BCUT2D eigenvalue weighted by molar-refractivity contribution is 5.88. The summed E-state index contributed by atoms with van der Waals surface area (Å²) in [5.41, 5.74) is -0.0523. The largest absolute Gasteiger partial charge is 0.478 e. The molecule has 4 heteroatoms. The molecule has 0 saturated carbocycles. The van der Waals surface area contributed by atoms with Crippen molar-refractivity contribution in [2.75, 3.05) is 0 Å². The van der Waals surface area contributed by atoms with Crippen molar-refractivity contribution in [2.45, 2.75) is 6.42 Å². The fourth-order valence-electron chi connectivity index (χ4n) is 0.962. The molecule has 0 bridgehead atoms. The lowest BCUT2D eigenvalue weighted by atomic mass is 10.1. The van der Waals surface area contributed by atoms with E-state index in [9.17, 15) is 14.0 Å². The Hall–Kier alpha value is -2.15. The zero-order valence-electron chi connectivity index (χ0n) is 7.66. The summed E-state index contributed by atoms with van der Waals surface area (Å²) in [4.78, 5) is 20.5. The van der Waals surface area contributed by atoms with Gasteiger partial charge in [0, 0.05) is 5.56 Å². The molecule has 0 amide bonds. The minimum absolute atomic E-state index is 0.0692. The van der Waals surface area contributed by atoms with Crippen LogP contribution in [0, 0.1) is 17.7 Å². The second-order valence-electron chi connectivity index (χ2n) is 2.67. The average molecular weight is 206 g/mol. The second-order valence-corrected chi connectivity index (χ2v) is 2.67. The number of hydrogen-bond acceptors (Lipinski definition) is 2. The maximum Gasteiger partial charge on any atom is 0.338 e. The van der Waals surface area contributed by atoms with Crippen LogP contribution in [0.4, 0.5) is 4.39 Å². The van der Waals surface area contributed by atoms with Crippen LogP contribution in [0.2, 0.25) is 0 Å². The van der Waals surface area contributed by atoms with Crippen LogP contribution in [0.3, 0.4) is 0 Å². The van der Waals surface area contributed by atoms with Gasteiger partial charge in [-0.15, -0.1) is 0 Å². The summed E-state index contributed by atoms with van der Waals surface area (Å²) in [6.07, 6.45) is 0.703. The van der Waals surface area contributed by atoms with E-state index in [-0.39, 0.29) is 6.42 Å². The number of aromatic carboxylic acids is 1. The smallest absolute Gasteiger partial charge is 0.338 e. The van der Waals surface area contributed by atoms with Crippen LogP contribution >= 0.6 is 0 Å². The SMILES string of the molecule is O=CCC#Cc1ccc(F)c(C(=O)O)c1. The minimum atomic E-state index is -1.34. The molecule has 0 unspecified atom stereocenters. The van der Waals surface area contributed by atoms with Crippen LogP contribution in [0.25, 0.3) is 0 Å². The van der Waals surface area contributed by atoms with Gasteiger partial charge in [-0.25, -0.2) is 9.18 Å². The van der Waals surface area contributed by atoms with Gasteiger partial charge in [0.05, 0.1) is 12.0 Å². The van der Waals surface area contributed by atoms with Gasteiger partial charge in [-0.2, -0.15) is 0 Å². The van der Waals surface area contributed by atoms with Crippen molar-refractivity contribution in [1.29, 1.82) is 0 Å². The van der Waals surface area contributed by atoms with Crippen molar-refractivity contribution in [3.63, 3.8) is 0 Å². The summed E-state index contributed by atoms with van der Waals surface area (Å²) in [5.74, 6) is 2.92. The molecular formula is C11H7FO3. The summed E-state index contributed by atoms with van der Waals surface area (Å²) in [5, 5.41) is 8.62. The maximum atomic E-state index is 12.9. The number of rotatable bonds is 2. The Kier molecular flexibility index (Phi) is 3.58. The molecule has 0 aliphatic rings. The van der Waals surface area contributed by atoms with E-state index in [1.54, 1.807) is 0 Å².